The molecule has 0 aromatic heterocycles. The van der Waals surface area contributed by atoms with Crippen LogP contribution in [0, 0.1) is 23.3 Å². The van der Waals surface area contributed by atoms with Crippen LogP contribution in [0.4, 0.5) is 17.6 Å². The zero-order valence-corrected chi connectivity index (χ0v) is 22.7. The summed E-state index contributed by atoms with van der Waals surface area (Å²) in [5.41, 5.74) is 0.288. The second kappa shape index (κ2) is 13.6. The number of carbonyl (C=O) groups excluding carboxylic acids is 1. The molecule has 0 aliphatic heterocycles. The highest BCUT2D eigenvalue weighted by atomic mass is 19.2. The lowest BCUT2D eigenvalue weighted by molar-refractivity contribution is 0.0187. The van der Waals surface area contributed by atoms with Gasteiger partial charge in [-0.2, -0.15) is 4.39 Å². The van der Waals surface area contributed by atoms with Crippen LogP contribution in [-0.4, -0.2) is 31.4 Å². The molecule has 2 saturated carbocycles. The molecule has 4 nitrogen and oxygen atoms in total. The van der Waals surface area contributed by atoms with Crippen molar-refractivity contribution in [2.45, 2.75) is 102 Å². The number of carbonyl (C=O) groups is 1. The Labute approximate surface area is 228 Å². The highest BCUT2D eigenvalue weighted by Crippen LogP contribution is 2.40. The first kappa shape index (κ1) is 29.4. The van der Waals surface area contributed by atoms with Crippen molar-refractivity contribution in [3.63, 3.8) is 0 Å². The van der Waals surface area contributed by atoms with Gasteiger partial charge in [0.25, 0.3) is 0 Å². The van der Waals surface area contributed by atoms with Crippen LogP contribution in [0.3, 0.4) is 0 Å². The summed E-state index contributed by atoms with van der Waals surface area (Å²) in [5, 5.41) is 0. The highest BCUT2D eigenvalue weighted by molar-refractivity contribution is 5.90. The summed E-state index contributed by atoms with van der Waals surface area (Å²) in [5.74, 6) is -5.53. The summed E-state index contributed by atoms with van der Waals surface area (Å²) in [6.45, 7) is 4.67. The Morgan fingerprint density at radius 2 is 1.31 bits per heavy atom. The highest BCUT2D eigenvalue weighted by Gasteiger charge is 2.31. The first-order valence-corrected chi connectivity index (χ1v) is 14.2. The summed E-state index contributed by atoms with van der Waals surface area (Å²) < 4.78 is 75.2. The van der Waals surface area contributed by atoms with Crippen molar-refractivity contribution in [3.05, 3.63) is 64.2 Å². The van der Waals surface area contributed by atoms with Gasteiger partial charge >= 0.3 is 5.97 Å². The van der Waals surface area contributed by atoms with E-state index in [1.165, 1.54) is 6.07 Å². The molecule has 0 heterocycles. The van der Waals surface area contributed by atoms with Crippen LogP contribution in [0.25, 0.3) is 0 Å². The summed E-state index contributed by atoms with van der Waals surface area (Å²) in [6.07, 6.45) is 6.91. The van der Waals surface area contributed by atoms with Crippen LogP contribution in [0.2, 0.25) is 0 Å². The maximum Gasteiger partial charge on any atom is 0.341 e. The zero-order valence-electron chi connectivity index (χ0n) is 22.7. The first-order chi connectivity index (χ1) is 18.8. The molecule has 0 radical (unpaired) electrons. The Morgan fingerprint density at radius 1 is 0.744 bits per heavy atom. The van der Waals surface area contributed by atoms with Gasteiger partial charge in [0.05, 0.1) is 18.3 Å². The van der Waals surface area contributed by atoms with Crippen LogP contribution in [-0.2, 0) is 9.47 Å². The van der Waals surface area contributed by atoms with E-state index in [-0.39, 0.29) is 30.3 Å². The third kappa shape index (κ3) is 6.94. The fourth-order valence-corrected chi connectivity index (χ4v) is 5.81. The van der Waals surface area contributed by atoms with E-state index in [9.17, 15) is 13.6 Å². The normalized spacial score (nSPS) is 23.4. The SMILES string of the molecule is CCCCOC1CCC(c2ccc(C3CCC(OC(=O)c4ccc(OCC)c(F)c4F)CC3)c(F)c2F)CC1. The lowest BCUT2D eigenvalue weighted by Gasteiger charge is -2.31. The van der Waals surface area contributed by atoms with Crippen LogP contribution >= 0.6 is 0 Å². The molecule has 2 aromatic rings. The average Bonchev–Trinajstić information content (AvgIpc) is 2.94. The molecule has 2 aromatic carbocycles. The second-order valence-electron chi connectivity index (χ2n) is 10.6. The van der Waals surface area contributed by atoms with Gasteiger partial charge in [-0.15, -0.1) is 0 Å². The summed E-state index contributed by atoms with van der Waals surface area (Å²) in [7, 11) is 0. The number of ether oxygens (including phenoxy) is 3. The predicted molar refractivity (Wildman–Crippen MR) is 140 cm³/mol. The molecule has 8 heteroatoms. The number of benzene rings is 2. The molecular weight excluding hydrogens is 512 g/mol. The van der Waals surface area contributed by atoms with E-state index in [1.807, 2.05) is 0 Å². The molecule has 2 fully saturated rings. The monoisotopic (exact) mass is 550 g/mol. The van der Waals surface area contributed by atoms with Gasteiger partial charge < -0.3 is 14.2 Å². The number of halogens is 4. The maximum absolute atomic E-state index is 15.2. The van der Waals surface area contributed by atoms with Gasteiger partial charge in [-0.05, 0) is 99.8 Å². The van der Waals surface area contributed by atoms with E-state index in [1.54, 1.807) is 19.1 Å². The Bertz CT molecular complexity index is 1120. The van der Waals surface area contributed by atoms with E-state index in [4.69, 9.17) is 14.2 Å². The van der Waals surface area contributed by atoms with Gasteiger partial charge in [0, 0.05) is 6.61 Å². The van der Waals surface area contributed by atoms with E-state index in [0.717, 1.165) is 51.2 Å². The van der Waals surface area contributed by atoms with E-state index in [0.29, 0.717) is 36.8 Å². The molecule has 2 aliphatic rings. The van der Waals surface area contributed by atoms with E-state index in [2.05, 4.69) is 6.92 Å². The standard InChI is InChI=1S/C31H38F4O4/c1-3-5-18-38-21-10-6-19(7-11-21)23-14-15-24(28(33)27(23)32)20-8-12-22(13-9-20)39-31(36)25-16-17-26(37-4-2)30(35)29(25)34/h14-17,19-22H,3-13,18H2,1-2H3. The van der Waals surface area contributed by atoms with Crippen LogP contribution in [0.5, 0.6) is 5.75 Å². The molecule has 0 spiro atoms. The third-order valence-electron chi connectivity index (χ3n) is 8.06. The van der Waals surface area contributed by atoms with Gasteiger partial charge in [-0.1, -0.05) is 25.5 Å². The van der Waals surface area contributed by atoms with Gasteiger partial charge in [0.1, 0.15) is 6.10 Å². The molecular formula is C31H38F4O4. The fraction of sp³-hybridized carbons (Fsp3) is 0.581. The Hall–Kier alpha value is -2.61. The maximum atomic E-state index is 15.2. The number of rotatable bonds is 10. The lowest BCUT2D eigenvalue weighted by Crippen LogP contribution is -2.25. The summed E-state index contributed by atoms with van der Waals surface area (Å²) in [4.78, 5) is 12.5. The molecule has 214 valence electrons. The summed E-state index contributed by atoms with van der Waals surface area (Å²) >= 11 is 0. The smallest absolute Gasteiger partial charge is 0.341 e. The fourth-order valence-electron chi connectivity index (χ4n) is 5.81. The predicted octanol–water partition coefficient (Wildman–Crippen LogP) is 8.37. The summed E-state index contributed by atoms with van der Waals surface area (Å²) in [6, 6.07) is 5.77. The van der Waals surface area contributed by atoms with E-state index >= 15 is 8.78 Å². The van der Waals surface area contributed by atoms with Crippen molar-refractivity contribution < 1.29 is 36.6 Å². The minimum absolute atomic E-state index is 0.0115. The molecule has 0 atom stereocenters. The topological polar surface area (TPSA) is 44.8 Å². The molecule has 0 saturated heterocycles. The first-order valence-electron chi connectivity index (χ1n) is 14.2. The molecule has 2 aliphatic carbocycles. The Kier molecular flexibility index (Phi) is 10.3. The molecule has 0 bridgehead atoms. The molecule has 0 N–H and O–H groups in total. The quantitative estimate of drug-likeness (QED) is 0.169. The molecule has 39 heavy (non-hydrogen) atoms. The van der Waals surface area contributed by atoms with Crippen LogP contribution < -0.4 is 4.74 Å². The Balaban J connectivity index is 1.32. The largest absolute Gasteiger partial charge is 0.491 e. The molecule has 0 amide bonds. The van der Waals surface area contributed by atoms with Crippen molar-refractivity contribution in [3.8, 4) is 5.75 Å². The van der Waals surface area contributed by atoms with Crippen molar-refractivity contribution in [1.29, 1.82) is 0 Å². The van der Waals surface area contributed by atoms with Gasteiger partial charge in [0.2, 0.25) is 5.82 Å². The van der Waals surface area contributed by atoms with Crippen molar-refractivity contribution >= 4 is 5.97 Å². The third-order valence-corrected chi connectivity index (χ3v) is 8.06. The number of unbranched alkanes of at least 4 members (excludes halogenated alkanes) is 1. The molecule has 4 rings (SSSR count). The van der Waals surface area contributed by atoms with Crippen molar-refractivity contribution in [2.75, 3.05) is 13.2 Å². The van der Waals surface area contributed by atoms with Gasteiger partial charge in [0.15, 0.2) is 23.2 Å². The molecule has 0 unspecified atom stereocenters. The van der Waals surface area contributed by atoms with Crippen molar-refractivity contribution in [1.82, 2.24) is 0 Å². The number of esters is 1. The lowest BCUT2D eigenvalue weighted by atomic mass is 9.79. The number of hydrogen-bond acceptors (Lipinski definition) is 4. The van der Waals surface area contributed by atoms with E-state index < -0.39 is 40.9 Å². The van der Waals surface area contributed by atoms with Crippen molar-refractivity contribution in [2.24, 2.45) is 0 Å². The van der Waals surface area contributed by atoms with Crippen LogP contribution in [0.1, 0.15) is 111 Å². The van der Waals surface area contributed by atoms with Gasteiger partial charge in [-0.3, -0.25) is 0 Å². The second-order valence-corrected chi connectivity index (χ2v) is 10.6. The zero-order chi connectivity index (χ0) is 27.9. The minimum Gasteiger partial charge on any atom is -0.491 e. The number of hydrogen-bond donors (Lipinski definition) is 0. The van der Waals surface area contributed by atoms with Gasteiger partial charge in [-0.25, -0.2) is 18.0 Å². The van der Waals surface area contributed by atoms with Crippen LogP contribution in [0.15, 0.2) is 24.3 Å². The average molecular weight is 551 g/mol. The Morgan fingerprint density at radius 3 is 1.85 bits per heavy atom. The minimum atomic E-state index is -1.31.